The Balaban J connectivity index is 1.89. The fourth-order valence-electron chi connectivity index (χ4n) is 5.20. The van der Waals surface area contributed by atoms with Crippen LogP contribution in [0.15, 0.2) is 103 Å². The second-order valence-corrected chi connectivity index (χ2v) is 11.3. The second-order valence-electron chi connectivity index (χ2n) is 11.3. The van der Waals surface area contributed by atoms with Crippen molar-refractivity contribution in [3.05, 3.63) is 120 Å². The third-order valence-corrected chi connectivity index (χ3v) is 7.61. The first-order chi connectivity index (χ1) is 22.8. The van der Waals surface area contributed by atoms with Gasteiger partial charge < -0.3 is 19.9 Å². The van der Waals surface area contributed by atoms with Gasteiger partial charge in [0, 0.05) is 38.0 Å². The fourth-order valence-corrected chi connectivity index (χ4v) is 5.20. The molecule has 0 aliphatic carbocycles. The normalized spacial score (nSPS) is 11.8. The van der Waals surface area contributed by atoms with E-state index >= 15 is 0 Å². The van der Waals surface area contributed by atoms with Crippen LogP contribution in [0.25, 0.3) is 0 Å². The first-order valence-electron chi connectivity index (χ1n) is 15.2. The van der Waals surface area contributed by atoms with Gasteiger partial charge in [0.05, 0.1) is 5.69 Å². The number of likely N-dealkylation sites (N-methyl/N-ethyl adjacent to an activating group) is 2. The van der Waals surface area contributed by atoms with Gasteiger partial charge in [-0.3, -0.25) is 29.4 Å². The van der Waals surface area contributed by atoms with Crippen LogP contribution >= 0.6 is 0 Å². The van der Waals surface area contributed by atoms with Crippen LogP contribution in [0.1, 0.15) is 35.3 Å². The minimum absolute atomic E-state index is 0.124. The summed E-state index contributed by atoms with van der Waals surface area (Å²) < 4.78 is 6.37. The van der Waals surface area contributed by atoms with Crippen LogP contribution in [0, 0.1) is 13.8 Å². The van der Waals surface area contributed by atoms with Crippen molar-refractivity contribution < 1.29 is 28.7 Å². The lowest BCUT2D eigenvalue weighted by atomic mass is 10.1. The van der Waals surface area contributed by atoms with Crippen LogP contribution in [0.5, 0.6) is 5.75 Å². The van der Waals surface area contributed by atoms with Crippen LogP contribution in [-0.2, 0) is 14.4 Å². The highest BCUT2D eigenvalue weighted by molar-refractivity contribution is 6.07. The number of amides is 5. The molecule has 4 aromatic rings. The summed E-state index contributed by atoms with van der Waals surface area (Å²) in [6, 6.07) is 27.8. The molecule has 11 heteroatoms. The average molecular weight is 650 g/mol. The topological polar surface area (TPSA) is 128 Å². The molecule has 0 aliphatic rings. The van der Waals surface area contributed by atoms with E-state index in [0.29, 0.717) is 11.4 Å². The molecule has 0 bridgehead atoms. The molecule has 1 atom stereocenters. The molecule has 1 unspecified atom stereocenters. The highest BCUT2D eigenvalue weighted by Gasteiger charge is 2.53. The highest BCUT2D eigenvalue weighted by atomic mass is 16.5. The maximum absolute atomic E-state index is 14.9. The van der Waals surface area contributed by atoms with E-state index in [1.807, 2.05) is 19.9 Å². The molecule has 0 heterocycles. The third kappa shape index (κ3) is 8.05. The molecular formula is C37H39N5O6. The molecule has 0 saturated carbocycles. The lowest BCUT2D eigenvalue weighted by molar-refractivity contribution is -0.171. The molecule has 0 fully saturated rings. The Morgan fingerprint density at radius 1 is 0.708 bits per heavy atom. The Labute approximate surface area is 280 Å². The monoisotopic (exact) mass is 649 g/mol. The Morgan fingerprint density at radius 3 is 1.85 bits per heavy atom. The molecule has 248 valence electrons. The van der Waals surface area contributed by atoms with E-state index < -0.39 is 36.1 Å². The lowest BCUT2D eigenvalue weighted by Crippen LogP contribution is -2.74. The summed E-state index contributed by atoms with van der Waals surface area (Å²) in [6.45, 7) is 5.62. The molecule has 0 aliphatic heterocycles. The summed E-state index contributed by atoms with van der Waals surface area (Å²) in [5, 5.41) is 5.22. The fraction of sp³-hybridized carbons (Fsp3) is 0.216. The van der Waals surface area contributed by atoms with E-state index in [-0.39, 0.29) is 22.8 Å². The zero-order chi connectivity index (χ0) is 35.0. The predicted molar refractivity (Wildman–Crippen MR) is 185 cm³/mol. The maximum atomic E-state index is 14.9. The number of ketones is 1. The molecule has 5 amide bonds. The third-order valence-electron chi connectivity index (χ3n) is 7.61. The minimum Gasteiger partial charge on any atom is -0.442 e. The number of carbonyl (C=O) groups is 5. The molecule has 0 radical (unpaired) electrons. The van der Waals surface area contributed by atoms with Crippen LogP contribution in [0.3, 0.4) is 0 Å². The summed E-state index contributed by atoms with van der Waals surface area (Å²) in [5.41, 5.74) is 3.14. The number of ether oxygens (including phenoxy) is 1. The van der Waals surface area contributed by atoms with Crippen molar-refractivity contribution in [1.82, 2.24) is 10.2 Å². The van der Waals surface area contributed by atoms with Crippen molar-refractivity contribution in [2.75, 3.05) is 35.8 Å². The number of carbonyl (C=O) groups excluding carboxylic acids is 5. The average Bonchev–Trinajstić information content (AvgIpc) is 3.06. The van der Waals surface area contributed by atoms with Crippen molar-refractivity contribution in [1.29, 1.82) is 0 Å². The van der Waals surface area contributed by atoms with Gasteiger partial charge in [-0.15, -0.1) is 0 Å². The number of Topliss-reactive ketones (excluding diaryl/α,β-unsaturated/α-hetero) is 1. The Hall–Kier alpha value is -5.97. The number of nitrogens with zero attached hydrogens (tertiary/aromatic N) is 3. The van der Waals surface area contributed by atoms with Crippen molar-refractivity contribution in [2.24, 2.45) is 0 Å². The van der Waals surface area contributed by atoms with Gasteiger partial charge in [-0.1, -0.05) is 54.6 Å². The highest BCUT2D eigenvalue weighted by Crippen LogP contribution is 2.28. The Kier molecular flexibility index (Phi) is 11.0. The van der Waals surface area contributed by atoms with Gasteiger partial charge in [-0.25, -0.2) is 4.79 Å². The van der Waals surface area contributed by atoms with Gasteiger partial charge in [0.25, 0.3) is 0 Å². The largest absolute Gasteiger partial charge is 0.442 e. The van der Waals surface area contributed by atoms with Crippen LogP contribution in [-0.4, -0.2) is 60.9 Å². The quantitative estimate of drug-likeness (QED) is 0.162. The van der Waals surface area contributed by atoms with Crippen LogP contribution < -0.4 is 25.2 Å². The summed E-state index contributed by atoms with van der Waals surface area (Å²) in [7, 11) is 3.03. The summed E-state index contributed by atoms with van der Waals surface area (Å²) in [5.74, 6) is -4.97. The SMILES string of the molecule is CC(=O)c1ccccc1NC(=O)NC(Oc1ccccc1)(C(=O)N(C)c1cc(C)cc(C)c1)N(CC(=O)N(C)c1ccccc1)C(C)=O. The molecule has 0 aromatic heterocycles. The number of hydrogen-bond acceptors (Lipinski definition) is 6. The van der Waals surface area contributed by atoms with Crippen molar-refractivity contribution >= 4 is 46.6 Å². The van der Waals surface area contributed by atoms with Gasteiger partial charge in [0.1, 0.15) is 12.3 Å². The van der Waals surface area contributed by atoms with Crippen LogP contribution in [0.4, 0.5) is 21.9 Å². The molecule has 48 heavy (non-hydrogen) atoms. The van der Waals surface area contributed by atoms with E-state index in [0.717, 1.165) is 16.0 Å². The van der Waals surface area contributed by atoms with Crippen molar-refractivity contribution in [2.45, 2.75) is 33.5 Å². The van der Waals surface area contributed by atoms with Crippen molar-refractivity contribution in [3.8, 4) is 5.75 Å². The van der Waals surface area contributed by atoms with Crippen LogP contribution in [0.2, 0.25) is 0 Å². The van der Waals surface area contributed by atoms with E-state index in [1.54, 1.807) is 91.0 Å². The summed E-state index contributed by atoms with van der Waals surface area (Å²) >= 11 is 0. The molecule has 2 N–H and O–H groups in total. The second kappa shape index (κ2) is 15.1. The summed E-state index contributed by atoms with van der Waals surface area (Å²) in [4.78, 5) is 72.0. The number of para-hydroxylation sites is 3. The van der Waals surface area contributed by atoms with Gasteiger partial charge in [0.2, 0.25) is 11.8 Å². The number of anilines is 3. The standard InChI is InChI=1S/C37H39N5O6/c1-25-21-26(2)23-30(22-25)41(6)35(46)37(48-31-17-11-8-12-18-31,39-36(47)38-33-20-14-13-19-32(33)27(3)43)42(28(4)44)24-34(45)40(5)29-15-9-7-10-16-29/h7-23H,24H2,1-6H3,(H2,38,39,47). The first kappa shape index (κ1) is 34.9. The van der Waals surface area contributed by atoms with Gasteiger partial charge >= 0.3 is 17.8 Å². The number of nitrogens with one attached hydrogen (secondary N) is 2. The molecule has 11 nitrogen and oxygen atoms in total. The van der Waals surface area contributed by atoms with Crippen molar-refractivity contribution in [3.63, 3.8) is 0 Å². The van der Waals surface area contributed by atoms with Gasteiger partial charge in [-0.2, -0.15) is 0 Å². The Morgan fingerprint density at radius 2 is 1.27 bits per heavy atom. The summed E-state index contributed by atoms with van der Waals surface area (Å²) in [6.07, 6.45) is 0. The molecule has 0 spiro atoms. The molecule has 4 aromatic carbocycles. The number of urea groups is 1. The minimum atomic E-state index is -2.61. The number of hydrogen-bond donors (Lipinski definition) is 2. The molecule has 0 saturated heterocycles. The van der Waals surface area contributed by atoms with E-state index in [9.17, 15) is 24.0 Å². The number of rotatable bonds is 11. The van der Waals surface area contributed by atoms with Gasteiger partial charge in [0.15, 0.2) is 5.78 Å². The van der Waals surface area contributed by atoms with E-state index in [4.69, 9.17) is 4.74 Å². The van der Waals surface area contributed by atoms with E-state index in [2.05, 4.69) is 10.6 Å². The molecular weight excluding hydrogens is 610 g/mol. The first-order valence-corrected chi connectivity index (χ1v) is 15.2. The zero-order valence-electron chi connectivity index (χ0n) is 27.8. The smallest absolute Gasteiger partial charge is 0.351 e. The maximum Gasteiger partial charge on any atom is 0.351 e. The zero-order valence-corrected chi connectivity index (χ0v) is 27.8. The Bertz CT molecular complexity index is 1790. The van der Waals surface area contributed by atoms with Gasteiger partial charge in [-0.05, 0) is 80.4 Å². The lowest BCUT2D eigenvalue weighted by Gasteiger charge is -2.43. The van der Waals surface area contributed by atoms with E-state index in [1.165, 1.54) is 43.8 Å². The number of aryl methyl sites for hydroxylation is 2. The predicted octanol–water partition coefficient (Wildman–Crippen LogP) is 5.53. The molecule has 4 rings (SSSR count). The number of benzene rings is 4.